The molecule has 1 heterocycles. The van der Waals surface area contributed by atoms with Crippen LogP contribution in [-0.4, -0.2) is 45.7 Å². The molecule has 174 valence electrons. The first-order valence-electron chi connectivity index (χ1n) is 11.1. The van der Waals surface area contributed by atoms with Crippen molar-refractivity contribution >= 4 is 22.7 Å². The van der Waals surface area contributed by atoms with Gasteiger partial charge in [-0.05, 0) is 47.9 Å². The molecule has 0 radical (unpaired) electrons. The van der Waals surface area contributed by atoms with Gasteiger partial charge in [0.15, 0.2) is 0 Å². The van der Waals surface area contributed by atoms with E-state index in [1.54, 1.807) is 48.7 Å². The van der Waals surface area contributed by atoms with Crippen LogP contribution in [0.5, 0.6) is 5.75 Å². The van der Waals surface area contributed by atoms with Crippen molar-refractivity contribution in [2.24, 2.45) is 0 Å². The molecule has 4 aromatic rings. The van der Waals surface area contributed by atoms with Crippen LogP contribution in [0.3, 0.4) is 0 Å². The monoisotopic (exact) mass is 457 g/mol. The van der Waals surface area contributed by atoms with Crippen LogP contribution in [0.2, 0.25) is 0 Å². The number of phenolic OH excluding ortho intramolecular Hbond substituents is 1. The summed E-state index contributed by atoms with van der Waals surface area (Å²) >= 11 is 0. The second kappa shape index (κ2) is 10.7. The van der Waals surface area contributed by atoms with Crippen molar-refractivity contribution < 1.29 is 19.8 Å². The van der Waals surface area contributed by atoms with Gasteiger partial charge >= 0.3 is 0 Å². The standard InChI is InChI=1S/C27H27N3O4/c31-17-21(13-18-7-3-1-4-8-18)29-27(34)25(30-26(33)19-9-5-2-6-10-19)14-20-16-28-24-12-11-22(32)15-23(20)24/h1-12,15-16,21,25,28,31-32H,13-14,17H2,(H,29,34)(H,30,33)/t21-,25+/m1/s1. The van der Waals surface area contributed by atoms with E-state index in [-0.39, 0.29) is 24.7 Å². The molecule has 1 aromatic heterocycles. The van der Waals surface area contributed by atoms with Gasteiger partial charge in [-0.15, -0.1) is 0 Å². The van der Waals surface area contributed by atoms with Crippen molar-refractivity contribution in [3.63, 3.8) is 0 Å². The van der Waals surface area contributed by atoms with Gasteiger partial charge in [-0.1, -0.05) is 48.5 Å². The van der Waals surface area contributed by atoms with E-state index >= 15 is 0 Å². The van der Waals surface area contributed by atoms with Gasteiger partial charge in [0.1, 0.15) is 11.8 Å². The molecule has 0 saturated heterocycles. The highest BCUT2D eigenvalue weighted by molar-refractivity contribution is 5.98. The van der Waals surface area contributed by atoms with Crippen molar-refractivity contribution in [3.8, 4) is 5.75 Å². The van der Waals surface area contributed by atoms with Gasteiger partial charge in [-0.25, -0.2) is 0 Å². The Kier molecular flexibility index (Phi) is 7.25. The van der Waals surface area contributed by atoms with E-state index in [2.05, 4.69) is 15.6 Å². The molecule has 0 saturated carbocycles. The zero-order valence-corrected chi connectivity index (χ0v) is 18.6. The number of aromatic hydroxyl groups is 1. The predicted molar refractivity (Wildman–Crippen MR) is 131 cm³/mol. The fourth-order valence-corrected chi connectivity index (χ4v) is 3.96. The number of benzene rings is 3. The zero-order chi connectivity index (χ0) is 23.9. The fourth-order valence-electron chi connectivity index (χ4n) is 3.96. The molecule has 7 heteroatoms. The number of H-pyrrole nitrogens is 1. The zero-order valence-electron chi connectivity index (χ0n) is 18.6. The average Bonchev–Trinajstić information content (AvgIpc) is 3.25. The van der Waals surface area contributed by atoms with Gasteiger partial charge in [0.2, 0.25) is 5.91 Å². The summed E-state index contributed by atoms with van der Waals surface area (Å²) in [6, 6.07) is 21.8. The van der Waals surface area contributed by atoms with Gasteiger partial charge < -0.3 is 25.8 Å². The van der Waals surface area contributed by atoms with E-state index in [4.69, 9.17) is 0 Å². The maximum Gasteiger partial charge on any atom is 0.251 e. The Labute approximate surface area is 197 Å². The number of rotatable bonds is 9. The lowest BCUT2D eigenvalue weighted by Gasteiger charge is -2.23. The molecule has 0 aliphatic carbocycles. The lowest BCUT2D eigenvalue weighted by molar-refractivity contribution is -0.124. The first kappa shape index (κ1) is 23.1. The summed E-state index contributed by atoms with van der Waals surface area (Å²) in [7, 11) is 0. The molecule has 0 bridgehead atoms. The summed E-state index contributed by atoms with van der Waals surface area (Å²) in [5.74, 6) is -0.647. The molecule has 2 amide bonds. The lowest BCUT2D eigenvalue weighted by atomic mass is 10.0. The largest absolute Gasteiger partial charge is 0.508 e. The van der Waals surface area contributed by atoms with Crippen molar-refractivity contribution in [1.29, 1.82) is 0 Å². The average molecular weight is 458 g/mol. The third kappa shape index (κ3) is 5.63. The number of carbonyl (C=O) groups is 2. The van der Waals surface area contributed by atoms with Crippen molar-refractivity contribution in [3.05, 3.63) is 102 Å². The van der Waals surface area contributed by atoms with Gasteiger partial charge in [0, 0.05) is 29.1 Å². The molecule has 0 spiro atoms. The topological polar surface area (TPSA) is 114 Å². The third-order valence-corrected chi connectivity index (χ3v) is 5.72. The highest BCUT2D eigenvalue weighted by Gasteiger charge is 2.25. The van der Waals surface area contributed by atoms with Gasteiger partial charge in [-0.2, -0.15) is 0 Å². The van der Waals surface area contributed by atoms with Crippen LogP contribution in [0.4, 0.5) is 0 Å². The molecule has 2 atom stereocenters. The number of phenols is 1. The highest BCUT2D eigenvalue weighted by Crippen LogP contribution is 2.24. The highest BCUT2D eigenvalue weighted by atomic mass is 16.3. The van der Waals surface area contributed by atoms with Crippen molar-refractivity contribution in [1.82, 2.24) is 15.6 Å². The Hall–Kier alpha value is -4.10. The maximum atomic E-state index is 13.3. The van der Waals surface area contributed by atoms with Crippen molar-refractivity contribution in [2.45, 2.75) is 24.9 Å². The first-order valence-corrected chi connectivity index (χ1v) is 11.1. The molecule has 4 rings (SSSR count). The van der Waals surface area contributed by atoms with Crippen LogP contribution >= 0.6 is 0 Å². The normalized spacial score (nSPS) is 12.7. The first-order chi connectivity index (χ1) is 16.5. The molecular weight excluding hydrogens is 430 g/mol. The molecule has 5 N–H and O–H groups in total. The van der Waals surface area contributed by atoms with Crippen LogP contribution < -0.4 is 10.6 Å². The molecule has 0 aliphatic rings. The summed E-state index contributed by atoms with van der Waals surface area (Å²) in [4.78, 5) is 29.3. The van der Waals surface area contributed by atoms with Gasteiger partial charge in [0.25, 0.3) is 5.91 Å². The number of aliphatic hydroxyl groups excluding tert-OH is 1. The minimum atomic E-state index is -0.890. The van der Waals surface area contributed by atoms with E-state index in [1.165, 1.54) is 0 Å². The smallest absolute Gasteiger partial charge is 0.251 e. The minimum absolute atomic E-state index is 0.117. The predicted octanol–water partition coefficient (Wildman–Crippen LogP) is 2.93. The molecular formula is C27H27N3O4. The summed E-state index contributed by atoms with van der Waals surface area (Å²) in [5.41, 5.74) is 3.03. The molecule has 0 aliphatic heterocycles. The second-order valence-corrected chi connectivity index (χ2v) is 8.22. The molecule has 3 aromatic carbocycles. The number of nitrogens with one attached hydrogen (secondary N) is 3. The number of fused-ring (bicyclic) bond motifs is 1. The van der Waals surface area contributed by atoms with Gasteiger partial charge in [-0.3, -0.25) is 9.59 Å². The summed E-state index contributed by atoms with van der Waals surface area (Å²) < 4.78 is 0. The number of aromatic nitrogens is 1. The van der Waals surface area contributed by atoms with Crippen molar-refractivity contribution in [2.75, 3.05) is 6.61 Å². The third-order valence-electron chi connectivity index (χ3n) is 5.72. The quantitative estimate of drug-likeness (QED) is 0.266. The van der Waals surface area contributed by atoms with E-state index in [9.17, 15) is 19.8 Å². The van der Waals surface area contributed by atoms with E-state index in [0.717, 1.165) is 22.0 Å². The Bertz CT molecular complexity index is 1250. The van der Waals surface area contributed by atoms with Crippen LogP contribution in [0.25, 0.3) is 10.9 Å². The Balaban J connectivity index is 1.56. The second-order valence-electron chi connectivity index (χ2n) is 8.22. The van der Waals surface area contributed by atoms with Crippen LogP contribution in [0, 0.1) is 0 Å². The Morgan fingerprint density at radius 1 is 0.882 bits per heavy atom. The Morgan fingerprint density at radius 2 is 1.59 bits per heavy atom. The fraction of sp³-hybridized carbons (Fsp3) is 0.185. The molecule has 34 heavy (non-hydrogen) atoms. The number of carbonyl (C=O) groups excluding carboxylic acids is 2. The number of aromatic amines is 1. The lowest BCUT2D eigenvalue weighted by Crippen LogP contribution is -2.52. The minimum Gasteiger partial charge on any atom is -0.508 e. The molecule has 0 unspecified atom stereocenters. The number of hydrogen-bond donors (Lipinski definition) is 5. The Morgan fingerprint density at radius 3 is 2.29 bits per heavy atom. The summed E-state index contributed by atoms with van der Waals surface area (Å²) in [6.45, 7) is -0.235. The molecule has 0 fully saturated rings. The van der Waals surface area contributed by atoms with E-state index in [1.807, 2.05) is 36.4 Å². The number of aliphatic hydroxyl groups is 1. The number of hydrogen-bond acceptors (Lipinski definition) is 4. The van der Waals surface area contributed by atoms with Crippen LogP contribution in [0.1, 0.15) is 21.5 Å². The summed E-state index contributed by atoms with van der Waals surface area (Å²) in [6.07, 6.45) is 2.44. The maximum absolute atomic E-state index is 13.3. The van der Waals surface area contributed by atoms with E-state index in [0.29, 0.717) is 12.0 Å². The SMILES string of the molecule is O=C(N[C@@H](Cc1c[nH]c2ccc(O)cc12)C(=O)N[C@@H](CO)Cc1ccccc1)c1ccccc1. The summed E-state index contributed by atoms with van der Waals surface area (Å²) in [5, 5.41) is 26.3. The molecule has 7 nitrogen and oxygen atoms in total. The van der Waals surface area contributed by atoms with Gasteiger partial charge in [0.05, 0.1) is 12.6 Å². The van der Waals surface area contributed by atoms with E-state index < -0.39 is 18.0 Å². The van der Waals surface area contributed by atoms with Crippen LogP contribution in [0.15, 0.2) is 85.1 Å². The number of amides is 2. The van der Waals surface area contributed by atoms with Crippen LogP contribution in [-0.2, 0) is 17.6 Å².